The second-order valence-corrected chi connectivity index (χ2v) is 7.80. The van der Waals surface area contributed by atoms with Crippen molar-refractivity contribution in [1.29, 1.82) is 0 Å². The molecule has 0 unspecified atom stereocenters. The number of nitrogens with one attached hydrogen (secondary N) is 1. The summed E-state index contributed by atoms with van der Waals surface area (Å²) in [5.74, 6) is 1.70. The van der Waals surface area contributed by atoms with Crippen LogP contribution < -0.4 is 15.0 Å². The van der Waals surface area contributed by atoms with Gasteiger partial charge in [0.25, 0.3) is 0 Å². The maximum Gasteiger partial charge on any atom is 0.174 e. The van der Waals surface area contributed by atoms with Crippen molar-refractivity contribution in [3.63, 3.8) is 0 Å². The lowest BCUT2D eigenvalue weighted by molar-refractivity contribution is 0.340. The highest BCUT2D eigenvalue weighted by Gasteiger charge is 2.42. The molecule has 1 aromatic carbocycles. The summed E-state index contributed by atoms with van der Waals surface area (Å²) in [6.07, 6.45) is 5.65. The third-order valence-corrected chi connectivity index (χ3v) is 5.82. The highest BCUT2D eigenvalue weighted by molar-refractivity contribution is 7.80. The van der Waals surface area contributed by atoms with Gasteiger partial charge in [0.2, 0.25) is 0 Å². The second kappa shape index (κ2) is 8.80. The summed E-state index contributed by atoms with van der Waals surface area (Å²) < 4.78 is 7.74. The largest absolute Gasteiger partial charge is 0.494 e. The van der Waals surface area contributed by atoms with Crippen LogP contribution in [0.2, 0.25) is 0 Å². The molecule has 1 saturated heterocycles. The quantitative estimate of drug-likeness (QED) is 0.432. The molecule has 32 heavy (non-hydrogen) atoms. The zero-order valence-electron chi connectivity index (χ0n) is 17.6. The fraction of sp³-hybridized carbons (Fsp3) is 0.160. The minimum atomic E-state index is -0.118. The van der Waals surface area contributed by atoms with Gasteiger partial charge in [-0.25, -0.2) is 4.98 Å². The average Bonchev–Trinajstić information content (AvgIpc) is 3.45. The molecule has 5 rings (SSSR count). The first-order valence-electron chi connectivity index (χ1n) is 10.6. The van der Waals surface area contributed by atoms with Crippen LogP contribution in [0.5, 0.6) is 5.75 Å². The van der Waals surface area contributed by atoms with Crippen molar-refractivity contribution in [1.82, 2.24) is 19.9 Å². The first-order valence-corrected chi connectivity index (χ1v) is 11.0. The minimum Gasteiger partial charge on any atom is -0.494 e. The molecular formula is C25H23N5OS. The van der Waals surface area contributed by atoms with Crippen LogP contribution in [0, 0.1) is 0 Å². The van der Waals surface area contributed by atoms with Crippen molar-refractivity contribution in [3.8, 4) is 11.6 Å². The number of hydrogen-bond acceptors (Lipinski definition) is 4. The van der Waals surface area contributed by atoms with E-state index in [4.69, 9.17) is 17.0 Å². The highest BCUT2D eigenvalue weighted by atomic mass is 32.1. The predicted molar refractivity (Wildman–Crippen MR) is 129 cm³/mol. The molecule has 0 amide bonds. The molecule has 0 radical (unpaired) electrons. The van der Waals surface area contributed by atoms with E-state index in [-0.39, 0.29) is 12.1 Å². The number of anilines is 1. The molecule has 0 spiro atoms. The van der Waals surface area contributed by atoms with Gasteiger partial charge in [0, 0.05) is 30.0 Å². The molecule has 4 heterocycles. The maximum absolute atomic E-state index is 5.83. The Bertz CT molecular complexity index is 1190. The molecule has 1 aliphatic heterocycles. The lowest BCUT2D eigenvalue weighted by Crippen LogP contribution is -2.30. The number of rotatable bonds is 6. The van der Waals surface area contributed by atoms with Gasteiger partial charge in [-0.2, -0.15) is 0 Å². The Hall–Kier alpha value is -3.71. The van der Waals surface area contributed by atoms with E-state index >= 15 is 0 Å². The van der Waals surface area contributed by atoms with Gasteiger partial charge in [-0.15, -0.1) is 0 Å². The Balaban J connectivity index is 1.62. The first kappa shape index (κ1) is 20.2. The van der Waals surface area contributed by atoms with Gasteiger partial charge in [-0.3, -0.25) is 4.98 Å². The van der Waals surface area contributed by atoms with Gasteiger partial charge >= 0.3 is 0 Å². The standard InChI is InChI=1S/C25H23N5OS/c1-2-31-19-13-11-18(12-14-19)30-24(23(28-25(30)32)20-8-3-5-15-26-20)21-9-7-17-29(21)22-10-4-6-16-27-22/h3-17,23-24H,2H2,1H3,(H,28,32)/t23-,24+/m0/s1. The Morgan fingerprint density at radius 2 is 1.72 bits per heavy atom. The first-order chi connectivity index (χ1) is 15.8. The zero-order chi connectivity index (χ0) is 21.9. The molecule has 7 heteroatoms. The molecular weight excluding hydrogens is 418 g/mol. The molecule has 0 bridgehead atoms. The third-order valence-electron chi connectivity index (χ3n) is 5.50. The van der Waals surface area contributed by atoms with E-state index in [2.05, 4.69) is 30.8 Å². The number of ether oxygens (including phenoxy) is 1. The van der Waals surface area contributed by atoms with Crippen molar-refractivity contribution < 1.29 is 4.74 Å². The fourth-order valence-electron chi connectivity index (χ4n) is 4.14. The fourth-order valence-corrected chi connectivity index (χ4v) is 4.49. The van der Waals surface area contributed by atoms with Gasteiger partial charge in [0.1, 0.15) is 17.6 Å². The van der Waals surface area contributed by atoms with Gasteiger partial charge in [0.05, 0.1) is 18.3 Å². The summed E-state index contributed by atoms with van der Waals surface area (Å²) in [5.41, 5.74) is 2.99. The Kier molecular flexibility index (Phi) is 5.56. The van der Waals surface area contributed by atoms with E-state index in [9.17, 15) is 0 Å². The van der Waals surface area contributed by atoms with Crippen LogP contribution in [0.15, 0.2) is 91.4 Å². The van der Waals surface area contributed by atoms with Gasteiger partial charge in [0.15, 0.2) is 5.11 Å². The predicted octanol–water partition coefficient (Wildman–Crippen LogP) is 4.84. The van der Waals surface area contributed by atoms with Crippen molar-refractivity contribution >= 4 is 23.0 Å². The molecule has 160 valence electrons. The molecule has 6 nitrogen and oxygen atoms in total. The summed E-state index contributed by atoms with van der Waals surface area (Å²) in [6, 6.07) is 23.8. The highest BCUT2D eigenvalue weighted by Crippen LogP contribution is 2.42. The van der Waals surface area contributed by atoms with Crippen LogP contribution in [-0.4, -0.2) is 26.3 Å². The van der Waals surface area contributed by atoms with Gasteiger partial charge < -0.3 is 19.5 Å². The van der Waals surface area contributed by atoms with E-state index in [0.29, 0.717) is 11.7 Å². The second-order valence-electron chi connectivity index (χ2n) is 7.41. The van der Waals surface area contributed by atoms with Gasteiger partial charge in [-0.1, -0.05) is 12.1 Å². The molecule has 1 aliphatic rings. The number of pyridine rings is 2. The Morgan fingerprint density at radius 1 is 0.938 bits per heavy atom. The summed E-state index contributed by atoms with van der Waals surface area (Å²) >= 11 is 5.83. The van der Waals surface area contributed by atoms with E-state index in [1.807, 2.05) is 86.0 Å². The van der Waals surface area contributed by atoms with Crippen molar-refractivity contribution in [2.75, 3.05) is 11.5 Å². The molecule has 0 saturated carbocycles. The van der Waals surface area contributed by atoms with Crippen molar-refractivity contribution in [2.45, 2.75) is 19.0 Å². The van der Waals surface area contributed by atoms with E-state index < -0.39 is 0 Å². The van der Waals surface area contributed by atoms with Crippen molar-refractivity contribution in [3.05, 3.63) is 103 Å². The van der Waals surface area contributed by atoms with Gasteiger partial charge in [-0.05, 0) is 79.8 Å². The van der Waals surface area contributed by atoms with Crippen LogP contribution in [-0.2, 0) is 0 Å². The third kappa shape index (κ3) is 3.71. The minimum absolute atomic E-state index is 0.118. The molecule has 1 N–H and O–H groups in total. The zero-order valence-corrected chi connectivity index (χ0v) is 18.4. The number of aromatic nitrogens is 3. The summed E-state index contributed by atoms with van der Waals surface area (Å²) in [5, 5.41) is 4.16. The molecule has 2 atom stereocenters. The summed E-state index contributed by atoms with van der Waals surface area (Å²) in [7, 11) is 0. The average molecular weight is 442 g/mol. The van der Waals surface area contributed by atoms with Crippen LogP contribution in [0.1, 0.15) is 30.4 Å². The number of benzene rings is 1. The lowest BCUT2D eigenvalue weighted by atomic mass is 10.0. The number of hydrogen-bond donors (Lipinski definition) is 1. The van der Waals surface area contributed by atoms with Crippen molar-refractivity contribution in [2.24, 2.45) is 0 Å². The lowest BCUT2D eigenvalue weighted by Gasteiger charge is -2.29. The van der Waals surface area contributed by atoms with E-state index in [1.165, 1.54) is 0 Å². The Labute approximate surface area is 192 Å². The molecule has 0 aliphatic carbocycles. The monoisotopic (exact) mass is 441 g/mol. The topological polar surface area (TPSA) is 55.2 Å². The van der Waals surface area contributed by atoms with Crippen LogP contribution in [0.3, 0.4) is 0 Å². The van der Waals surface area contributed by atoms with Crippen LogP contribution in [0.4, 0.5) is 5.69 Å². The maximum atomic E-state index is 5.83. The van der Waals surface area contributed by atoms with E-state index in [0.717, 1.165) is 28.6 Å². The molecule has 3 aromatic heterocycles. The number of thiocarbonyl (C=S) groups is 1. The molecule has 4 aromatic rings. The van der Waals surface area contributed by atoms with Crippen LogP contribution >= 0.6 is 12.2 Å². The normalized spacial score (nSPS) is 17.9. The Morgan fingerprint density at radius 3 is 2.41 bits per heavy atom. The smallest absolute Gasteiger partial charge is 0.174 e. The van der Waals surface area contributed by atoms with Crippen LogP contribution in [0.25, 0.3) is 5.82 Å². The summed E-state index contributed by atoms with van der Waals surface area (Å²) in [6.45, 7) is 2.61. The molecule has 1 fully saturated rings. The van der Waals surface area contributed by atoms with E-state index in [1.54, 1.807) is 6.20 Å². The summed E-state index contributed by atoms with van der Waals surface area (Å²) in [4.78, 5) is 11.3. The SMILES string of the molecule is CCOc1ccc(N2C(=S)N[C@@H](c3ccccn3)[C@H]2c2cccn2-c2ccccn2)cc1. The number of nitrogens with zero attached hydrogens (tertiary/aromatic N) is 4.